The van der Waals surface area contributed by atoms with E-state index in [1.165, 1.54) is 0 Å². The Kier molecular flexibility index (Phi) is 3.92. The van der Waals surface area contributed by atoms with Gasteiger partial charge in [0.2, 0.25) is 0 Å². The minimum Gasteiger partial charge on any atom is -0.253 e. The molecule has 0 bridgehead atoms. The third kappa shape index (κ3) is 2.92. The van der Waals surface area contributed by atoms with Crippen LogP contribution in [0, 0.1) is 0 Å². The van der Waals surface area contributed by atoms with E-state index in [9.17, 15) is 4.21 Å². The second kappa shape index (κ2) is 6.01. The molecule has 1 unspecified atom stereocenters. The molecule has 0 radical (unpaired) electrons. The molecule has 0 amide bonds. The fraction of sp³-hybridized carbons (Fsp3) is 0.125. The van der Waals surface area contributed by atoms with E-state index >= 15 is 0 Å². The van der Waals surface area contributed by atoms with Crippen molar-refractivity contribution in [3.8, 4) is 11.3 Å². The second-order valence-corrected chi connectivity index (χ2v) is 6.00. The van der Waals surface area contributed by atoms with E-state index in [4.69, 9.17) is 0 Å². The van der Waals surface area contributed by atoms with Gasteiger partial charge in [0.1, 0.15) is 5.69 Å². The van der Waals surface area contributed by atoms with E-state index in [2.05, 4.69) is 10.3 Å². The molecule has 5 heteroatoms. The highest BCUT2D eigenvalue weighted by Gasteiger charge is 2.17. The SMILES string of the molecule is CS(=O)c1nnn(Cc2ccccc2)c1-c1ccccc1. The van der Waals surface area contributed by atoms with Gasteiger partial charge in [-0.15, -0.1) is 5.10 Å². The standard InChI is InChI=1S/C16H15N3OS/c1-21(20)16-15(14-10-6-3-7-11-14)19(18-17-16)12-13-8-4-2-5-9-13/h2-11H,12H2,1H3. The number of hydrogen-bond acceptors (Lipinski definition) is 3. The van der Waals surface area contributed by atoms with Gasteiger partial charge in [0, 0.05) is 11.8 Å². The Morgan fingerprint density at radius 2 is 1.62 bits per heavy atom. The molecule has 0 fully saturated rings. The Morgan fingerprint density at radius 1 is 1.00 bits per heavy atom. The molecule has 0 aliphatic heterocycles. The van der Waals surface area contributed by atoms with Gasteiger partial charge in [0.25, 0.3) is 0 Å². The highest BCUT2D eigenvalue weighted by molar-refractivity contribution is 7.84. The number of benzene rings is 2. The molecule has 1 aromatic heterocycles. The molecule has 0 aliphatic rings. The van der Waals surface area contributed by atoms with Crippen LogP contribution in [-0.4, -0.2) is 25.5 Å². The fourth-order valence-corrected chi connectivity index (χ4v) is 2.87. The first-order valence-corrected chi connectivity index (χ1v) is 8.18. The Hall–Kier alpha value is -2.27. The molecule has 21 heavy (non-hydrogen) atoms. The van der Waals surface area contributed by atoms with Gasteiger partial charge in [-0.2, -0.15) is 0 Å². The summed E-state index contributed by atoms with van der Waals surface area (Å²) in [7, 11) is -1.17. The average Bonchev–Trinajstić information content (AvgIpc) is 2.93. The van der Waals surface area contributed by atoms with Gasteiger partial charge in [-0.25, -0.2) is 4.68 Å². The minimum absolute atomic E-state index is 0.525. The molecule has 0 saturated heterocycles. The van der Waals surface area contributed by atoms with Gasteiger partial charge in [0.05, 0.1) is 17.3 Å². The first kappa shape index (κ1) is 13.7. The van der Waals surface area contributed by atoms with Crippen molar-refractivity contribution in [1.82, 2.24) is 15.0 Å². The Labute approximate surface area is 125 Å². The monoisotopic (exact) mass is 297 g/mol. The first-order valence-electron chi connectivity index (χ1n) is 6.62. The lowest BCUT2D eigenvalue weighted by atomic mass is 10.1. The minimum atomic E-state index is -1.17. The van der Waals surface area contributed by atoms with E-state index < -0.39 is 10.8 Å². The van der Waals surface area contributed by atoms with E-state index in [0.717, 1.165) is 16.8 Å². The second-order valence-electron chi connectivity index (χ2n) is 4.71. The van der Waals surface area contributed by atoms with Crippen molar-refractivity contribution in [1.29, 1.82) is 0 Å². The molecular weight excluding hydrogens is 282 g/mol. The van der Waals surface area contributed by atoms with E-state index in [-0.39, 0.29) is 0 Å². The fourth-order valence-electron chi connectivity index (χ4n) is 2.23. The van der Waals surface area contributed by atoms with Crippen LogP contribution in [0.4, 0.5) is 0 Å². The van der Waals surface area contributed by atoms with Crippen LogP contribution in [0.2, 0.25) is 0 Å². The lowest BCUT2D eigenvalue weighted by Gasteiger charge is -2.07. The van der Waals surface area contributed by atoms with Crippen molar-refractivity contribution in [2.24, 2.45) is 0 Å². The summed E-state index contributed by atoms with van der Waals surface area (Å²) in [6.45, 7) is 0.606. The zero-order valence-electron chi connectivity index (χ0n) is 11.6. The van der Waals surface area contributed by atoms with Gasteiger partial charge >= 0.3 is 0 Å². The molecule has 0 saturated carbocycles. The van der Waals surface area contributed by atoms with Crippen molar-refractivity contribution < 1.29 is 4.21 Å². The molecule has 0 N–H and O–H groups in total. The smallest absolute Gasteiger partial charge is 0.177 e. The number of nitrogens with zero attached hydrogens (tertiary/aromatic N) is 3. The van der Waals surface area contributed by atoms with Crippen LogP contribution in [-0.2, 0) is 17.3 Å². The maximum atomic E-state index is 11.9. The van der Waals surface area contributed by atoms with Crippen LogP contribution in [0.1, 0.15) is 5.56 Å². The zero-order chi connectivity index (χ0) is 14.7. The average molecular weight is 297 g/mol. The van der Waals surface area contributed by atoms with Gasteiger partial charge < -0.3 is 0 Å². The van der Waals surface area contributed by atoms with Crippen molar-refractivity contribution in [2.75, 3.05) is 6.26 Å². The van der Waals surface area contributed by atoms with Crippen molar-refractivity contribution in [2.45, 2.75) is 11.6 Å². The Balaban J connectivity index is 2.07. The summed E-state index contributed by atoms with van der Waals surface area (Å²) in [4.78, 5) is 0. The summed E-state index contributed by atoms with van der Waals surface area (Å²) in [5.74, 6) is 0. The summed E-state index contributed by atoms with van der Waals surface area (Å²) in [5.41, 5.74) is 2.93. The number of aromatic nitrogens is 3. The van der Waals surface area contributed by atoms with Crippen molar-refractivity contribution >= 4 is 10.8 Å². The van der Waals surface area contributed by atoms with Crippen LogP contribution in [0.3, 0.4) is 0 Å². The predicted octanol–water partition coefficient (Wildman–Crippen LogP) is 2.73. The summed E-state index contributed by atoms with van der Waals surface area (Å²) in [6.07, 6.45) is 1.63. The molecule has 3 aromatic rings. The Bertz CT molecular complexity index is 754. The van der Waals surface area contributed by atoms with Crippen LogP contribution in [0.5, 0.6) is 0 Å². The first-order chi connectivity index (χ1) is 10.3. The molecule has 0 aliphatic carbocycles. The topological polar surface area (TPSA) is 47.8 Å². The van der Waals surface area contributed by atoms with Gasteiger partial charge in [0.15, 0.2) is 5.03 Å². The third-order valence-electron chi connectivity index (χ3n) is 3.20. The predicted molar refractivity (Wildman–Crippen MR) is 83.3 cm³/mol. The van der Waals surface area contributed by atoms with Gasteiger partial charge in [-0.1, -0.05) is 65.9 Å². The van der Waals surface area contributed by atoms with Gasteiger partial charge in [-0.05, 0) is 5.56 Å². The molecule has 2 aromatic carbocycles. The molecule has 0 spiro atoms. The van der Waals surface area contributed by atoms with Gasteiger partial charge in [-0.3, -0.25) is 4.21 Å². The molecule has 1 atom stereocenters. The zero-order valence-corrected chi connectivity index (χ0v) is 12.5. The third-order valence-corrected chi connectivity index (χ3v) is 4.02. The summed E-state index contributed by atoms with van der Waals surface area (Å²) in [5, 5.41) is 8.81. The van der Waals surface area contributed by atoms with E-state index in [1.54, 1.807) is 10.9 Å². The van der Waals surface area contributed by atoms with Crippen LogP contribution < -0.4 is 0 Å². The normalized spacial score (nSPS) is 12.2. The summed E-state index contributed by atoms with van der Waals surface area (Å²) >= 11 is 0. The van der Waals surface area contributed by atoms with Crippen molar-refractivity contribution in [3.05, 3.63) is 66.2 Å². The summed E-state index contributed by atoms with van der Waals surface area (Å²) in [6, 6.07) is 19.9. The highest BCUT2D eigenvalue weighted by Crippen LogP contribution is 2.24. The quantitative estimate of drug-likeness (QED) is 0.744. The van der Waals surface area contributed by atoms with E-state index in [1.807, 2.05) is 60.7 Å². The van der Waals surface area contributed by atoms with E-state index in [0.29, 0.717) is 11.6 Å². The maximum Gasteiger partial charge on any atom is 0.177 e. The Morgan fingerprint density at radius 3 is 2.24 bits per heavy atom. The number of rotatable bonds is 4. The number of hydrogen-bond donors (Lipinski definition) is 0. The lowest BCUT2D eigenvalue weighted by Crippen LogP contribution is -2.04. The van der Waals surface area contributed by atoms with Crippen LogP contribution in [0.25, 0.3) is 11.3 Å². The van der Waals surface area contributed by atoms with Crippen LogP contribution in [0.15, 0.2) is 65.7 Å². The molecule has 3 rings (SSSR count). The van der Waals surface area contributed by atoms with Crippen molar-refractivity contribution in [3.63, 3.8) is 0 Å². The molecule has 106 valence electrons. The highest BCUT2D eigenvalue weighted by atomic mass is 32.2. The lowest BCUT2D eigenvalue weighted by molar-refractivity contribution is 0.653. The molecule has 1 heterocycles. The largest absolute Gasteiger partial charge is 0.253 e. The molecule has 4 nitrogen and oxygen atoms in total. The summed E-state index contributed by atoms with van der Waals surface area (Å²) < 4.78 is 13.7. The van der Waals surface area contributed by atoms with Crippen LogP contribution >= 0.6 is 0 Å². The maximum absolute atomic E-state index is 11.9. The molecular formula is C16H15N3OS.